The fraction of sp³-hybridized carbons (Fsp3) is 0.278. The number of aryl methyl sites for hydroxylation is 2. The zero-order valence-electron chi connectivity index (χ0n) is 15.0. The van der Waals surface area contributed by atoms with Gasteiger partial charge in [-0.25, -0.2) is 18.5 Å². The first-order chi connectivity index (χ1) is 13.0. The van der Waals surface area contributed by atoms with Crippen LogP contribution >= 0.6 is 0 Å². The van der Waals surface area contributed by atoms with Crippen molar-refractivity contribution < 1.29 is 9.42 Å². The molecule has 9 nitrogen and oxygen atoms in total. The Morgan fingerprint density at radius 3 is 2.81 bits per heavy atom. The standard InChI is InChI=1S/C18H18N6O3/c1-11-9-13-5-3-4-6-15(13)24-17(11)20-23(18(24)26)8-7-19-16(25)10-14-12(2)21-27-22-14/h3-6,9H,7-8,10H2,1-2H3,(H,19,25). The van der Waals surface area contributed by atoms with Gasteiger partial charge in [0.2, 0.25) is 5.91 Å². The molecule has 1 amide bonds. The minimum Gasteiger partial charge on any atom is -0.354 e. The molecule has 0 fully saturated rings. The van der Waals surface area contributed by atoms with Gasteiger partial charge < -0.3 is 5.32 Å². The number of nitrogens with zero attached hydrogens (tertiary/aromatic N) is 5. The lowest BCUT2D eigenvalue weighted by Crippen LogP contribution is -2.32. The first-order valence-electron chi connectivity index (χ1n) is 8.57. The quantitative estimate of drug-likeness (QED) is 0.565. The first kappa shape index (κ1) is 17.0. The van der Waals surface area contributed by atoms with E-state index in [0.717, 1.165) is 16.5 Å². The van der Waals surface area contributed by atoms with Crippen molar-refractivity contribution >= 4 is 22.5 Å². The number of fused-ring (bicyclic) bond motifs is 3. The van der Waals surface area contributed by atoms with Crippen LogP contribution in [0.2, 0.25) is 0 Å². The highest BCUT2D eigenvalue weighted by Crippen LogP contribution is 2.17. The van der Waals surface area contributed by atoms with Gasteiger partial charge >= 0.3 is 5.69 Å². The summed E-state index contributed by atoms with van der Waals surface area (Å²) >= 11 is 0. The van der Waals surface area contributed by atoms with E-state index < -0.39 is 0 Å². The lowest BCUT2D eigenvalue weighted by molar-refractivity contribution is -0.120. The van der Waals surface area contributed by atoms with Gasteiger partial charge in [0.05, 0.1) is 18.5 Å². The molecule has 4 rings (SSSR count). The van der Waals surface area contributed by atoms with Gasteiger partial charge in [-0.1, -0.05) is 28.5 Å². The van der Waals surface area contributed by atoms with E-state index in [1.54, 1.807) is 11.3 Å². The molecule has 9 heteroatoms. The topological polar surface area (TPSA) is 107 Å². The number of carbonyl (C=O) groups excluding carboxylic acids is 1. The van der Waals surface area contributed by atoms with Crippen molar-refractivity contribution in [3.63, 3.8) is 0 Å². The van der Waals surface area contributed by atoms with E-state index in [4.69, 9.17) is 0 Å². The molecule has 0 saturated heterocycles. The molecule has 0 radical (unpaired) electrons. The van der Waals surface area contributed by atoms with E-state index in [0.29, 0.717) is 17.0 Å². The summed E-state index contributed by atoms with van der Waals surface area (Å²) in [6.45, 7) is 4.20. The number of carbonyl (C=O) groups is 1. The summed E-state index contributed by atoms with van der Waals surface area (Å²) in [6, 6.07) is 9.70. The Kier molecular flexibility index (Phi) is 4.19. The SMILES string of the molecule is Cc1nonc1CC(=O)NCCn1nc2c(C)cc3ccccc3n2c1=O. The van der Waals surface area contributed by atoms with Gasteiger partial charge in [0, 0.05) is 6.54 Å². The normalized spacial score (nSPS) is 11.3. The minimum absolute atomic E-state index is 0.0825. The number of para-hydroxylation sites is 1. The number of aromatic nitrogens is 5. The second kappa shape index (κ2) is 6.67. The van der Waals surface area contributed by atoms with Crippen LogP contribution in [-0.4, -0.2) is 36.9 Å². The average Bonchev–Trinajstić information content (AvgIpc) is 3.20. The Hall–Kier alpha value is -3.49. The molecule has 0 spiro atoms. The highest BCUT2D eigenvalue weighted by atomic mass is 16.6. The number of nitrogens with one attached hydrogen (secondary N) is 1. The number of hydrogen-bond donors (Lipinski definition) is 1. The molecular formula is C18H18N6O3. The number of benzene rings is 1. The van der Waals surface area contributed by atoms with E-state index >= 15 is 0 Å². The molecule has 138 valence electrons. The second-order valence-corrected chi connectivity index (χ2v) is 6.37. The van der Waals surface area contributed by atoms with Crippen molar-refractivity contribution in [2.24, 2.45) is 0 Å². The van der Waals surface area contributed by atoms with E-state index in [1.165, 1.54) is 4.68 Å². The van der Waals surface area contributed by atoms with Crippen LogP contribution in [0.25, 0.3) is 16.6 Å². The van der Waals surface area contributed by atoms with Gasteiger partial charge in [0.15, 0.2) is 5.65 Å². The van der Waals surface area contributed by atoms with Crippen LogP contribution in [0.5, 0.6) is 0 Å². The third-order valence-electron chi connectivity index (χ3n) is 4.46. The molecule has 3 aromatic heterocycles. The van der Waals surface area contributed by atoms with Crippen LogP contribution < -0.4 is 11.0 Å². The highest BCUT2D eigenvalue weighted by molar-refractivity contribution is 5.83. The summed E-state index contributed by atoms with van der Waals surface area (Å²) < 4.78 is 7.56. The molecule has 0 bridgehead atoms. The maximum atomic E-state index is 12.8. The Morgan fingerprint density at radius 1 is 1.22 bits per heavy atom. The average molecular weight is 366 g/mol. The van der Waals surface area contributed by atoms with Gasteiger partial charge in [0.25, 0.3) is 0 Å². The van der Waals surface area contributed by atoms with Gasteiger partial charge in [-0.15, -0.1) is 5.10 Å². The molecule has 0 atom stereocenters. The zero-order chi connectivity index (χ0) is 19.0. The summed E-state index contributed by atoms with van der Waals surface area (Å²) in [5.41, 5.74) is 3.21. The van der Waals surface area contributed by atoms with Crippen LogP contribution in [0.1, 0.15) is 17.0 Å². The maximum Gasteiger partial charge on any atom is 0.350 e. The van der Waals surface area contributed by atoms with Crippen LogP contribution in [0.15, 0.2) is 39.8 Å². The van der Waals surface area contributed by atoms with Crippen molar-refractivity contribution in [2.75, 3.05) is 6.54 Å². The van der Waals surface area contributed by atoms with E-state index in [2.05, 4.69) is 25.4 Å². The first-order valence-corrected chi connectivity index (χ1v) is 8.57. The Labute approximate surface area is 153 Å². The molecule has 0 aliphatic heterocycles. The van der Waals surface area contributed by atoms with E-state index in [-0.39, 0.29) is 31.1 Å². The predicted octanol–water partition coefficient (Wildman–Crippen LogP) is 1.01. The molecule has 1 aromatic carbocycles. The van der Waals surface area contributed by atoms with Crippen molar-refractivity contribution in [2.45, 2.75) is 26.8 Å². The molecule has 4 aromatic rings. The third-order valence-corrected chi connectivity index (χ3v) is 4.46. The summed E-state index contributed by atoms with van der Waals surface area (Å²) in [4.78, 5) is 24.8. The van der Waals surface area contributed by atoms with E-state index in [1.807, 2.05) is 37.3 Å². The molecule has 0 unspecified atom stereocenters. The molecule has 0 aliphatic rings. The molecular weight excluding hydrogens is 348 g/mol. The fourth-order valence-corrected chi connectivity index (χ4v) is 3.06. The summed E-state index contributed by atoms with van der Waals surface area (Å²) in [7, 11) is 0. The van der Waals surface area contributed by atoms with Gasteiger partial charge in [0.1, 0.15) is 11.4 Å². The Bertz CT molecular complexity index is 1200. The molecule has 27 heavy (non-hydrogen) atoms. The van der Waals surface area contributed by atoms with Gasteiger partial charge in [-0.2, -0.15) is 0 Å². The maximum absolute atomic E-state index is 12.8. The summed E-state index contributed by atoms with van der Waals surface area (Å²) in [5, 5.41) is 15.5. The Morgan fingerprint density at radius 2 is 2.04 bits per heavy atom. The summed E-state index contributed by atoms with van der Waals surface area (Å²) in [5.74, 6) is -0.216. The third kappa shape index (κ3) is 3.07. The predicted molar refractivity (Wildman–Crippen MR) is 97.4 cm³/mol. The van der Waals surface area contributed by atoms with Gasteiger partial charge in [-0.05, 0) is 36.9 Å². The number of amides is 1. The second-order valence-electron chi connectivity index (χ2n) is 6.37. The molecule has 0 saturated carbocycles. The highest BCUT2D eigenvalue weighted by Gasteiger charge is 2.14. The number of pyridine rings is 1. The van der Waals surface area contributed by atoms with Crippen molar-refractivity contribution in [1.29, 1.82) is 0 Å². The lowest BCUT2D eigenvalue weighted by atomic mass is 10.1. The number of hydrogen-bond acceptors (Lipinski definition) is 6. The zero-order valence-corrected chi connectivity index (χ0v) is 15.0. The van der Waals surface area contributed by atoms with Crippen molar-refractivity contribution in [3.05, 3.63) is 57.8 Å². The smallest absolute Gasteiger partial charge is 0.350 e. The largest absolute Gasteiger partial charge is 0.354 e. The van der Waals surface area contributed by atoms with Crippen molar-refractivity contribution in [1.82, 2.24) is 29.8 Å². The minimum atomic E-state index is -0.226. The summed E-state index contributed by atoms with van der Waals surface area (Å²) in [6.07, 6.45) is 0.0825. The molecule has 3 heterocycles. The number of rotatable bonds is 5. The van der Waals surface area contributed by atoms with Crippen LogP contribution in [0.4, 0.5) is 0 Å². The monoisotopic (exact) mass is 366 g/mol. The van der Waals surface area contributed by atoms with Crippen LogP contribution in [0, 0.1) is 13.8 Å². The van der Waals surface area contributed by atoms with E-state index in [9.17, 15) is 9.59 Å². The van der Waals surface area contributed by atoms with Crippen LogP contribution in [0.3, 0.4) is 0 Å². The molecule has 1 N–H and O–H groups in total. The Balaban J connectivity index is 1.53. The lowest BCUT2D eigenvalue weighted by Gasteiger charge is -2.03. The van der Waals surface area contributed by atoms with Crippen molar-refractivity contribution in [3.8, 4) is 0 Å². The fourth-order valence-electron chi connectivity index (χ4n) is 3.06. The van der Waals surface area contributed by atoms with Crippen LogP contribution in [-0.2, 0) is 17.8 Å². The molecule has 0 aliphatic carbocycles. The van der Waals surface area contributed by atoms with Gasteiger partial charge in [-0.3, -0.25) is 4.79 Å².